The van der Waals surface area contributed by atoms with Crippen molar-refractivity contribution in [3.63, 3.8) is 0 Å². The normalized spacial score (nSPS) is 10.7. The summed E-state index contributed by atoms with van der Waals surface area (Å²) >= 11 is 1.11. The first-order chi connectivity index (χ1) is 15.4. The predicted octanol–water partition coefficient (Wildman–Crippen LogP) is 4.83. The van der Waals surface area contributed by atoms with E-state index < -0.39 is 0 Å². The number of thioether (sulfide) groups is 1. The summed E-state index contributed by atoms with van der Waals surface area (Å²) in [4.78, 5) is 27.2. The van der Waals surface area contributed by atoms with Crippen LogP contribution < -0.4 is 5.32 Å². The molecule has 9 heteroatoms. The second-order valence-corrected chi connectivity index (χ2v) is 8.13. The Hall–Kier alpha value is -3.85. The SMILES string of the molecule is CN(C)C(=O)Sc1ccc(NC(=O)c2cnn(-c3ccc(F)cc3)c2-n2cccc2)cc1. The van der Waals surface area contributed by atoms with E-state index in [1.54, 1.807) is 59.7 Å². The number of nitrogens with one attached hydrogen (secondary N) is 1. The lowest BCUT2D eigenvalue weighted by atomic mass is 10.2. The number of amides is 2. The van der Waals surface area contributed by atoms with Crippen LogP contribution in [0.25, 0.3) is 11.5 Å². The van der Waals surface area contributed by atoms with Gasteiger partial charge in [0.05, 0.1) is 11.9 Å². The van der Waals surface area contributed by atoms with Crippen molar-refractivity contribution < 1.29 is 14.0 Å². The molecule has 32 heavy (non-hydrogen) atoms. The lowest BCUT2D eigenvalue weighted by Crippen LogP contribution is -2.16. The average molecular weight is 450 g/mol. The molecule has 0 aliphatic heterocycles. The minimum Gasteiger partial charge on any atom is -0.339 e. The van der Waals surface area contributed by atoms with Crippen molar-refractivity contribution in [2.24, 2.45) is 0 Å². The van der Waals surface area contributed by atoms with Crippen LogP contribution in [0.2, 0.25) is 0 Å². The molecule has 0 saturated carbocycles. The molecule has 7 nitrogen and oxygen atoms in total. The van der Waals surface area contributed by atoms with Crippen LogP contribution >= 0.6 is 11.8 Å². The molecule has 0 radical (unpaired) electrons. The van der Waals surface area contributed by atoms with Crippen molar-refractivity contribution in [3.05, 3.63) is 90.6 Å². The van der Waals surface area contributed by atoms with E-state index in [9.17, 15) is 14.0 Å². The summed E-state index contributed by atoms with van der Waals surface area (Å²) in [5.74, 6) is -0.162. The van der Waals surface area contributed by atoms with E-state index in [1.165, 1.54) is 23.2 Å². The number of nitrogens with zero attached hydrogens (tertiary/aromatic N) is 4. The number of anilines is 1. The third-order valence-corrected chi connectivity index (χ3v) is 5.64. The van der Waals surface area contributed by atoms with Crippen molar-refractivity contribution in [3.8, 4) is 11.5 Å². The van der Waals surface area contributed by atoms with Crippen LogP contribution in [0.4, 0.5) is 14.9 Å². The van der Waals surface area contributed by atoms with Gasteiger partial charge in [-0.15, -0.1) is 0 Å². The first-order valence-electron chi connectivity index (χ1n) is 9.70. The number of halogens is 1. The van der Waals surface area contributed by atoms with E-state index in [0.29, 0.717) is 22.8 Å². The third kappa shape index (κ3) is 4.57. The summed E-state index contributed by atoms with van der Waals surface area (Å²) in [7, 11) is 3.39. The van der Waals surface area contributed by atoms with Crippen molar-refractivity contribution in [2.45, 2.75) is 4.90 Å². The molecule has 0 aliphatic carbocycles. The molecule has 2 amide bonds. The lowest BCUT2D eigenvalue weighted by molar-refractivity contribution is 0.102. The average Bonchev–Trinajstić information content (AvgIpc) is 3.45. The Kier molecular flexibility index (Phi) is 6.09. The number of carbonyl (C=O) groups excluding carboxylic acids is 2. The molecule has 0 unspecified atom stereocenters. The number of rotatable bonds is 5. The van der Waals surface area contributed by atoms with E-state index in [1.807, 2.05) is 24.5 Å². The molecule has 2 aromatic heterocycles. The molecule has 0 fully saturated rings. The van der Waals surface area contributed by atoms with Crippen LogP contribution in [-0.4, -0.2) is 44.5 Å². The minimum absolute atomic E-state index is 0.0774. The van der Waals surface area contributed by atoms with Gasteiger partial charge in [-0.25, -0.2) is 9.07 Å². The molecular formula is C23H20FN5O2S. The number of aromatic nitrogens is 3. The van der Waals surface area contributed by atoms with Gasteiger partial charge in [-0.05, 0) is 72.4 Å². The van der Waals surface area contributed by atoms with E-state index >= 15 is 0 Å². The van der Waals surface area contributed by atoms with Crippen LogP contribution in [0.3, 0.4) is 0 Å². The Morgan fingerprint density at radius 1 is 1.00 bits per heavy atom. The van der Waals surface area contributed by atoms with Gasteiger partial charge in [-0.1, -0.05) is 0 Å². The van der Waals surface area contributed by atoms with Crippen molar-refractivity contribution in [1.82, 2.24) is 19.2 Å². The summed E-state index contributed by atoms with van der Waals surface area (Å²) in [6.45, 7) is 0. The molecule has 0 aliphatic rings. The summed E-state index contributed by atoms with van der Waals surface area (Å²) in [5.41, 5.74) is 1.57. The maximum atomic E-state index is 13.4. The minimum atomic E-state index is -0.352. The zero-order chi connectivity index (χ0) is 22.7. The van der Waals surface area contributed by atoms with E-state index in [-0.39, 0.29) is 17.0 Å². The van der Waals surface area contributed by atoms with Gasteiger partial charge in [-0.2, -0.15) is 5.10 Å². The fourth-order valence-electron chi connectivity index (χ4n) is 2.99. The highest BCUT2D eigenvalue weighted by Crippen LogP contribution is 2.24. The fraction of sp³-hybridized carbons (Fsp3) is 0.0870. The predicted molar refractivity (Wildman–Crippen MR) is 122 cm³/mol. The van der Waals surface area contributed by atoms with Gasteiger partial charge in [0.1, 0.15) is 11.4 Å². The van der Waals surface area contributed by atoms with Gasteiger partial charge in [-0.3, -0.25) is 9.59 Å². The third-order valence-electron chi connectivity index (χ3n) is 4.59. The highest BCUT2D eigenvalue weighted by Gasteiger charge is 2.20. The molecule has 162 valence electrons. The molecule has 0 bridgehead atoms. The number of hydrogen-bond acceptors (Lipinski definition) is 4. The fourth-order valence-corrected chi connectivity index (χ4v) is 3.65. The highest BCUT2D eigenvalue weighted by atomic mass is 32.2. The number of carbonyl (C=O) groups is 2. The smallest absolute Gasteiger partial charge is 0.285 e. The molecule has 4 rings (SSSR count). The molecule has 1 N–H and O–H groups in total. The molecular weight excluding hydrogens is 429 g/mol. The summed E-state index contributed by atoms with van der Waals surface area (Å²) in [6.07, 6.45) is 5.09. The van der Waals surface area contributed by atoms with Gasteiger partial charge < -0.3 is 14.8 Å². The zero-order valence-corrected chi connectivity index (χ0v) is 18.2. The maximum Gasteiger partial charge on any atom is 0.285 e. The van der Waals surface area contributed by atoms with Crippen LogP contribution in [0.15, 0.2) is 84.1 Å². The summed E-state index contributed by atoms with van der Waals surface area (Å²) < 4.78 is 16.7. The topological polar surface area (TPSA) is 72.2 Å². The lowest BCUT2D eigenvalue weighted by Gasteiger charge is -2.12. The van der Waals surface area contributed by atoms with Crippen molar-refractivity contribution in [1.29, 1.82) is 0 Å². The number of benzene rings is 2. The Balaban J connectivity index is 1.60. The Bertz CT molecular complexity index is 1230. The second kappa shape index (κ2) is 9.11. The largest absolute Gasteiger partial charge is 0.339 e. The van der Waals surface area contributed by atoms with Crippen LogP contribution in [0.5, 0.6) is 0 Å². The second-order valence-electron chi connectivity index (χ2n) is 7.10. The van der Waals surface area contributed by atoms with Crippen LogP contribution in [-0.2, 0) is 0 Å². The van der Waals surface area contributed by atoms with Gasteiger partial charge in [0.15, 0.2) is 5.82 Å². The molecule has 4 aromatic rings. The molecule has 0 saturated heterocycles. The molecule has 2 aromatic carbocycles. The Labute approximate surface area is 188 Å². The zero-order valence-electron chi connectivity index (χ0n) is 17.4. The molecule has 0 spiro atoms. The van der Waals surface area contributed by atoms with Gasteiger partial charge >= 0.3 is 0 Å². The van der Waals surface area contributed by atoms with Gasteiger partial charge in [0.25, 0.3) is 11.1 Å². The van der Waals surface area contributed by atoms with E-state index in [0.717, 1.165) is 16.7 Å². The quantitative estimate of drug-likeness (QED) is 0.443. The first kappa shape index (κ1) is 21.4. The molecule has 0 atom stereocenters. The monoisotopic (exact) mass is 449 g/mol. The van der Waals surface area contributed by atoms with Crippen molar-refractivity contribution >= 4 is 28.6 Å². The maximum absolute atomic E-state index is 13.4. The summed E-state index contributed by atoms with van der Waals surface area (Å²) in [6, 6.07) is 16.6. The standard InChI is InChI=1S/C23H20FN5O2S/c1-27(2)23(31)32-19-11-7-17(8-12-19)26-21(30)20-15-25-29(18-9-5-16(24)6-10-18)22(20)28-13-3-4-14-28/h3-15H,1-2H3,(H,26,30). The van der Waals surface area contributed by atoms with Crippen molar-refractivity contribution in [2.75, 3.05) is 19.4 Å². The van der Waals surface area contributed by atoms with Crippen LogP contribution in [0.1, 0.15) is 10.4 Å². The molecule has 2 heterocycles. The first-order valence-corrected chi connectivity index (χ1v) is 10.5. The Morgan fingerprint density at radius 3 is 2.28 bits per heavy atom. The van der Waals surface area contributed by atoms with E-state index in [4.69, 9.17) is 0 Å². The summed E-state index contributed by atoms with van der Waals surface area (Å²) in [5, 5.41) is 7.16. The van der Waals surface area contributed by atoms with Crippen LogP contribution in [0, 0.1) is 5.82 Å². The van der Waals surface area contributed by atoms with E-state index in [2.05, 4.69) is 10.4 Å². The van der Waals surface area contributed by atoms with Gasteiger partial charge in [0, 0.05) is 37.1 Å². The van der Waals surface area contributed by atoms with Gasteiger partial charge in [0.2, 0.25) is 0 Å². The Morgan fingerprint density at radius 2 is 1.66 bits per heavy atom. The number of hydrogen-bond donors (Lipinski definition) is 1. The highest BCUT2D eigenvalue weighted by molar-refractivity contribution is 8.13.